The molecule has 0 aliphatic carbocycles. The molecule has 0 radical (unpaired) electrons. The van der Waals surface area contributed by atoms with Crippen molar-refractivity contribution < 1.29 is 4.79 Å². The number of hydrogen-bond acceptors (Lipinski definition) is 3. The van der Waals surface area contributed by atoms with Gasteiger partial charge in [0.15, 0.2) is 0 Å². The van der Waals surface area contributed by atoms with Crippen molar-refractivity contribution in [2.24, 2.45) is 5.92 Å². The molecule has 23 heavy (non-hydrogen) atoms. The Balaban J connectivity index is 1.75. The van der Waals surface area contributed by atoms with E-state index in [1.54, 1.807) is 10.9 Å². The van der Waals surface area contributed by atoms with E-state index in [1.807, 2.05) is 31.6 Å². The molecule has 0 saturated heterocycles. The van der Waals surface area contributed by atoms with Crippen molar-refractivity contribution in [3.63, 3.8) is 0 Å². The second-order valence-electron chi connectivity index (χ2n) is 5.63. The third-order valence-electron chi connectivity index (χ3n) is 3.65. The van der Waals surface area contributed by atoms with Crippen molar-refractivity contribution in [2.75, 3.05) is 6.54 Å². The molecule has 8 heteroatoms. The first-order valence-electron chi connectivity index (χ1n) is 7.53. The quantitative estimate of drug-likeness (QED) is 0.724. The average molecular weight is 403 g/mol. The number of halogens is 2. The van der Waals surface area contributed by atoms with Crippen LogP contribution in [0.25, 0.3) is 0 Å². The van der Waals surface area contributed by atoms with E-state index in [4.69, 9.17) is 11.6 Å². The van der Waals surface area contributed by atoms with E-state index in [1.165, 1.54) is 0 Å². The lowest BCUT2D eigenvalue weighted by molar-refractivity contribution is -0.124. The summed E-state index contributed by atoms with van der Waals surface area (Å²) >= 11 is 9.49. The molecule has 2 rings (SSSR count). The Bertz CT molecular complexity index is 681. The van der Waals surface area contributed by atoms with E-state index in [-0.39, 0.29) is 11.8 Å². The predicted molar refractivity (Wildman–Crippen MR) is 93.4 cm³/mol. The molecule has 0 aromatic carbocycles. The number of nitrogens with zero attached hydrogens (tertiary/aromatic N) is 4. The van der Waals surface area contributed by atoms with Crippen LogP contribution in [0.1, 0.15) is 24.7 Å². The number of carbonyl (C=O) groups is 1. The highest BCUT2D eigenvalue weighted by atomic mass is 79.9. The molecule has 0 bridgehead atoms. The second-order valence-corrected chi connectivity index (χ2v) is 6.93. The monoisotopic (exact) mass is 401 g/mol. The fourth-order valence-corrected chi connectivity index (χ4v) is 2.75. The largest absolute Gasteiger partial charge is 0.356 e. The third kappa shape index (κ3) is 4.81. The highest BCUT2D eigenvalue weighted by Gasteiger charge is 2.16. The van der Waals surface area contributed by atoms with Crippen molar-refractivity contribution in [1.82, 2.24) is 24.9 Å². The number of carbonyl (C=O) groups excluding carboxylic acids is 1. The summed E-state index contributed by atoms with van der Waals surface area (Å²) in [4.78, 5) is 12.2. The molecule has 0 fully saturated rings. The molecule has 2 aromatic rings. The van der Waals surface area contributed by atoms with E-state index < -0.39 is 0 Å². The molecule has 0 aliphatic heterocycles. The summed E-state index contributed by atoms with van der Waals surface area (Å²) in [7, 11) is 0. The SMILES string of the molecule is Cc1nn(CC(C)C(=O)NCCCn2cc(Br)cn2)c(C)c1Cl. The summed E-state index contributed by atoms with van der Waals surface area (Å²) in [5, 5.41) is 12.2. The van der Waals surface area contributed by atoms with Crippen LogP contribution < -0.4 is 5.32 Å². The second kappa shape index (κ2) is 7.97. The van der Waals surface area contributed by atoms with Gasteiger partial charge in [-0.05, 0) is 36.2 Å². The molecular formula is C15H21BrClN5O. The Morgan fingerprint density at radius 2 is 2.22 bits per heavy atom. The van der Waals surface area contributed by atoms with E-state index in [0.717, 1.165) is 28.8 Å². The van der Waals surface area contributed by atoms with Gasteiger partial charge in [-0.25, -0.2) is 0 Å². The van der Waals surface area contributed by atoms with Gasteiger partial charge in [-0.1, -0.05) is 18.5 Å². The number of hydrogen-bond donors (Lipinski definition) is 1. The van der Waals surface area contributed by atoms with Gasteiger partial charge >= 0.3 is 0 Å². The van der Waals surface area contributed by atoms with Gasteiger partial charge in [0.2, 0.25) is 5.91 Å². The molecule has 0 aliphatic rings. The highest BCUT2D eigenvalue weighted by molar-refractivity contribution is 9.10. The summed E-state index contributed by atoms with van der Waals surface area (Å²) in [5.41, 5.74) is 1.69. The number of amides is 1. The smallest absolute Gasteiger partial charge is 0.224 e. The minimum absolute atomic E-state index is 0.0234. The van der Waals surface area contributed by atoms with Crippen LogP contribution >= 0.6 is 27.5 Å². The molecule has 2 aromatic heterocycles. The van der Waals surface area contributed by atoms with Crippen LogP contribution in [0, 0.1) is 19.8 Å². The minimum atomic E-state index is -0.164. The zero-order valence-electron chi connectivity index (χ0n) is 13.5. The summed E-state index contributed by atoms with van der Waals surface area (Å²) in [5.74, 6) is -0.141. The molecule has 1 unspecified atom stereocenters. The molecule has 6 nitrogen and oxygen atoms in total. The molecule has 1 amide bonds. The maximum absolute atomic E-state index is 12.2. The number of aromatic nitrogens is 4. The van der Waals surface area contributed by atoms with Crippen LogP contribution in [0.3, 0.4) is 0 Å². The molecule has 1 atom stereocenters. The highest BCUT2D eigenvalue weighted by Crippen LogP contribution is 2.19. The van der Waals surface area contributed by atoms with Crippen LogP contribution in [0.5, 0.6) is 0 Å². The van der Waals surface area contributed by atoms with E-state index in [9.17, 15) is 4.79 Å². The normalized spacial score (nSPS) is 12.4. The van der Waals surface area contributed by atoms with Crippen LogP contribution in [-0.4, -0.2) is 32.0 Å². The van der Waals surface area contributed by atoms with Gasteiger partial charge in [-0.15, -0.1) is 0 Å². The summed E-state index contributed by atoms with van der Waals surface area (Å²) in [6, 6.07) is 0. The number of aryl methyl sites for hydroxylation is 2. The van der Waals surface area contributed by atoms with E-state index in [2.05, 4.69) is 31.4 Å². The molecule has 0 spiro atoms. The Hall–Kier alpha value is -1.34. The fraction of sp³-hybridized carbons (Fsp3) is 0.533. The van der Waals surface area contributed by atoms with Crippen molar-refractivity contribution in [3.8, 4) is 0 Å². The summed E-state index contributed by atoms with van der Waals surface area (Å²) in [6.07, 6.45) is 4.50. The molecule has 0 saturated carbocycles. The minimum Gasteiger partial charge on any atom is -0.356 e. The fourth-order valence-electron chi connectivity index (χ4n) is 2.28. The first-order chi connectivity index (χ1) is 10.9. The maximum Gasteiger partial charge on any atom is 0.224 e. The van der Waals surface area contributed by atoms with Gasteiger partial charge in [0, 0.05) is 19.3 Å². The van der Waals surface area contributed by atoms with E-state index >= 15 is 0 Å². The first-order valence-corrected chi connectivity index (χ1v) is 8.70. The lowest BCUT2D eigenvalue weighted by Gasteiger charge is -2.13. The van der Waals surface area contributed by atoms with Gasteiger partial charge in [0.1, 0.15) is 0 Å². The third-order valence-corrected chi connectivity index (χ3v) is 4.61. The molecule has 126 valence electrons. The average Bonchev–Trinajstić information content (AvgIpc) is 3.03. The molecule has 2 heterocycles. The lowest BCUT2D eigenvalue weighted by atomic mass is 10.1. The van der Waals surface area contributed by atoms with Crippen LogP contribution in [-0.2, 0) is 17.9 Å². The summed E-state index contributed by atoms with van der Waals surface area (Å²) in [6.45, 7) is 7.59. The molecular weight excluding hydrogens is 382 g/mol. The van der Waals surface area contributed by atoms with Crippen molar-refractivity contribution in [1.29, 1.82) is 0 Å². The van der Waals surface area contributed by atoms with Crippen molar-refractivity contribution in [3.05, 3.63) is 33.3 Å². The van der Waals surface area contributed by atoms with Gasteiger partial charge in [0.05, 0.1) is 39.5 Å². The number of nitrogens with one attached hydrogen (secondary N) is 1. The van der Waals surface area contributed by atoms with Gasteiger partial charge in [0.25, 0.3) is 0 Å². The van der Waals surface area contributed by atoms with Crippen LogP contribution in [0.15, 0.2) is 16.9 Å². The summed E-state index contributed by atoms with van der Waals surface area (Å²) < 4.78 is 4.60. The maximum atomic E-state index is 12.2. The Kier molecular flexibility index (Phi) is 6.24. The first kappa shape index (κ1) is 18.0. The Labute approximate surface area is 149 Å². The Morgan fingerprint density at radius 3 is 2.78 bits per heavy atom. The van der Waals surface area contributed by atoms with Gasteiger partial charge in [-0.2, -0.15) is 10.2 Å². The van der Waals surface area contributed by atoms with Gasteiger partial charge < -0.3 is 5.32 Å². The van der Waals surface area contributed by atoms with E-state index in [0.29, 0.717) is 18.1 Å². The predicted octanol–water partition coefficient (Wildman–Crippen LogP) is 2.95. The Morgan fingerprint density at radius 1 is 1.48 bits per heavy atom. The van der Waals surface area contributed by atoms with Crippen LogP contribution in [0.2, 0.25) is 5.02 Å². The number of rotatable bonds is 7. The lowest BCUT2D eigenvalue weighted by Crippen LogP contribution is -2.33. The van der Waals surface area contributed by atoms with Crippen LogP contribution in [0.4, 0.5) is 0 Å². The van der Waals surface area contributed by atoms with Crippen molar-refractivity contribution >= 4 is 33.4 Å². The topological polar surface area (TPSA) is 64.7 Å². The zero-order valence-corrected chi connectivity index (χ0v) is 15.9. The van der Waals surface area contributed by atoms with Crippen molar-refractivity contribution in [2.45, 2.75) is 40.3 Å². The molecule has 1 N–H and O–H groups in total. The standard InChI is InChI=1S/C15H21BrClN5O/c1-10(8-22-12(3)14(17)11(2)20-22)15(23)18-5-4-6-21-9-13(16)7-19-21/h7,9-10H,4-6,8H2,1-3H3,(H,18,23). The zero-order chi connectivity index (χ0) is 17.0. The van der Waals surface area contributed by atoms with Gasteiger partial charge in [-0.3, -0.25) is 14.2 Å².